The summed E-state index contributed by atoms with van der Waals surface area (Å²) in [4.78, 5) is 11.4. The predicted molar refractivity (Wildman–Crippen MR) is 48.9 cm³/mol. The molecule has 14 heavy (non-hydrogen) atoms. The molecule has 0 aromatic rings. The minimum absolute atomic E-state index is 0.154. The molecule has 82 valence electrons. The van der Waals surface area contributed by atoms with E-state index in [-0.39, 0.29) is 17.7 Å². The van der Waals surface area contributed by atoms with E-state index >= 15 is 0 Å². The fourth-order valence-electron chi connectivity index (χ4n) is 1.97. The largest absolute Gasteiger partial charge is 0.350 e. The van der Waals surface area contributed by atoms with Crippen LogP contribution in [0.1, 0.15) is 19.3 Å². The van der Waals surface area contributed by atoms with Crippen molar-refractivity contribution >= 4 is 5.91 Å². The molecule has 0 bridgehead atoms. The van der Waals surface area contributed by atoms with Crippen molar-refractivity contribution in [2.24, 2.45) is 17.6 Å². The molecule has 0 radical (unpaired) electrons. The summed E-state index contributed by atoms with van der Waals surface area (Å²) in [6.07, 6.45) is 0.200. The topological polar surface area (TPSA) is 55.1 Å². The Morgan fingerprint density at radius 2 is 2.21 bits per heavy atom. The Morgan fingerprint density at radius 1 is 1.50 bits per heavy atom. The van der Waals surface area contributed by atoms with Gasteiger partial charge in [-0.05, 0) is 25.3 Å². The third kappa shape index (κ3) is 2.90. The van der Waals surface area contributed by atoms with Crippen molar-refractivity contribution in [1.82, 2.24) is 5.32 Å². The average molecular weight is 206 g/mol. The van der Waals surface area contributed by atoms with Crippen LogP contribution < -0.4 is 11.1 Å². The first-order valence-corrected chi connectivity index (χ1v) is 4.91. The standard InChI is InChI=1S/C9H16F2N2O/c10-8(11)5-13-9(14)7-3-1-2-6(7)4-12/h6-8H,1-5,12H2,(H,13,14). The molecule has 2 atom stereocenters. The SMILES string of the molecule is NCC1CCCC1C(=O)NCC(F)F. The van der Waals surface area contributed by atoms with Crippen LogP contribution in [0.25, 0.3) is 0 Å². The van der Waals surface area contributed by atoms with Crippen molar-refractivity contribution in [3.05, 3.63) is 0 Å². The minimum Gasteiger partial charge on any atom is -0.350 e. The van der Waals surface area contributed by atoms with Crippen LogP contribution in [0.3, 0.4) is 0 Å². The fraction of sp³-hybridized carbons (Fsp3) is 0.889. The van der Waals surface area contributed by atoms with Crippen molar-refractivity contribution in [3.8, 4) is 0 Å². The Kier molecular flexibility index (Phi) is 4.25. The van der Waals surface area contributed by atoms with Gasteiger partial charge >= 0.3 is 0 Å². The van der Waals surface area contributed by atoms with E-state index in [1.807, 2.05) is 0 Å². The number of carbonyl (C=O) groups is 1. The molecule has 0 saturated heterocycles. The first-order valence-electron chi connectivity index (χ1n) is 4.91. The van der Waals surface area contributed by atoms with Crippen molar-refractivity contribution in [2.45, 2.75) is 25.7 Å². The van der Waals surface area contributed by atoms with Gasteiger partial charge in [0.25, 0.3) is 6.43 Å². The highest BCUT2D eigenvalue weighted by Crippen LogP contribution is 2.30. The maximum Gasteiger partial charge on any atom is 0.255 e. The van der Waals surface area contributed by atoms with Crippen molar-refractivity contribution in [2.75, 3.05) is 13.1 Å². The summed E-state index contributed by atoms with van der Waals surface area (Å²) < 4.78 is 23.6. The number of nitrogens with one attached hydrogen (secondary N) is 1. The zero-order valence-corrected chi connectivity index (χ0v) is 8.01. The summed E-state index contributed by atoms with van der Waals surface area (Å²) in [5, 5.41) is 2.24. The predicted octanol–water partition coefficient (Wildman–Crippen LogP) is 0.743. The third-order valence-electron chi connectivity index (χ3n) is 2.73. The first kappa shape index (κ1) is 11.4. The first-order chi connectivity index (χ1) is 6.65. The molecule has 0 aromatic heterocycles. The second kappa shape index (κ2) is 5.24. The smallest absolute Gasteiger partial charge is 0.255 e. The molecule has 1 aliphatic carbocycles. The van der Waals surface area contributed by atoms with Gasteiger partial charge in [0, 0.05) is 5.92 Å². The van der Waals surface area contributed by atoms with Gasteiger partial charge in [-0.1, -0.05) is 6.42 Å². The quantitative estimate of drug-likeness (QED) is 0.713. The van der Waals surface area contributed by atoms with Crippen LogP contribution in [0.5, 0.6) is 0 Å². The van der Waals surface area contributed by atoms with Gasteiger partial charge in [-0.3, -0.25) is 4.79 Å². The third-order valence-corrected chi connectivity index (χ3v) is 2.73. The highest BCUT2D eigenvalue weighted by atomic mass is 19.3. The maximum absolute atomic E-state index is 11.8. The van der Waals surface area contributed by atoms with E-state index in [1.165, 1.54) is 0 Å². The summed E-state index contributed by atoms with van der Waals surface area (Å²) in [5.41, 5.74) is 5.49. The van der Waals surface area contributed by atoms with Crippen LogP contribution in [0, 0.1) is 11.8 Å². The molecular weight excluding hydrogens is 190 g/mol. The molecule has 1 amide bonds. The fourth-order valence-corrected chi connectivity index (χ4v) is 1.97. The number of carbonyl (C=O) groups excluding carboxylic acids is 1. The highest BCUT2D eigenvalue weighted by molar-refractivity contribution is 5.79. The molecule has 1 aliphatic rings. The summed E-state index contributed by atoms with van der Waals surface area (Å²) in [6, 6.07) is 0. The number of nitrogens with two attached hydrogens (primary N) is 1. The van der Waals surface area contributed by atoms with E-state index in [2.05, 4.69) is 5.32 Å². The Bertz CT molecular complexity index is 199. The Morgan fingerprint density at radius 3 is 2.79 bits per heavy atom. The van der Waals surface area contributed by atoms with Crippen molar-refractivity contribution in [1.29, 1.82) is 0 Å². The van der Waals surface area contributed by atoms with E-state index in [4.69, 9.17) is 5.73 Å². The second-order valence-corrected chi connectivity index (χ2v) is 3.67. The van der Waals surface area contributed by atoms with Crippen LogP contribution in [0.4, 0.5) is 8.78 Å². The summed E-state index contributed by atoms with van der Waals surface area (Å²) in [7, 11) is 0. The zero-order valence-electron chi connectivity index (χ0n) is 8.01. The van der Waals surface area contributed by atoms with E-state index in [9.17, 15) is 13.6 Å². The number of hydrogen-bond donors (Lipinski definition) is 2. The zero-order chi connectivity index (χ0) is 10.6. The Hall–Kier alpha value is -0.710. The lowest BCUT2D eigenvalue weighted by atomic mass is 9.95. The van der Waals surface area contributed by atoms with Gasteiger partial charge in [-0.25, -0.2) is 8.78 Å². The number of amides is 1. The van der Waals surface area contributed by atoms with Crippen molar-refractivity contribution < 1.29 is 13.6 Å². The van der Waals surface area contributed by atoms with E-state index in [0.29, 0.717) is 6.54 Å². The highest BCUT2D eigenvalue weighted by Gasteiger charge is 2.31. The molecule has 3 N–H and O–H groups in total. The number of hydrogen-bond acceptors (Lipinski definition) is 2. The summed E-state index contributed by atoms with van der Waals surface area (Å²) in [6.45, 7) is -0.0839. The lowest BCUT2D eigenvalue weighted by Crippen LogP contribution is -2.37. The molecule has 3 nitrogen and oxygen atoms in total. The second-order valence-electron chi connectivity index (χ2n) is 3.67. The monoisotopic (exact) mass is 206 g/mol. The number of halogens is 2. The van der Waals surface area contributed by atoms with Gasteiger partial charge in [-0.15, -0.1) is 0 Å². The molecule has 1 saturated carbocycles. The molecule has 0 aliphatic heterocycles. The molecule has 1 rings (SSSR count). The van der Waals surface area contributed by atoms with Crippen LogP contribution >= 0.6 is 0 Å². The summed E-state index contributed by atoms with van der Waals surface area (Å²) >= 11 is 0. The van der Waals surface area contributed by atoms with Crippen molar-refractivity contribution in [3.63, 3.8) is 0 Å². The molecule has 5 heteroatoms. The Balaban J connectivity index is 2.35. The lowest BCUT2D eigenvalue weighted by Gasteiger charge is -2.16. The van der Waals surface area contributed by atoms with Crippen LogP contribution in [-0.4, -0.2) is 25.4 Å². The Labute approximate surface area is 82.0 Å². The molecule has 2 unspecified atom stereocenters. The van der Waals surface area contributed by atoms with Crippen LogP contribution in [-0.2, 0) is 4.79 Å². The van der Waals surface area contributed by atoms with Gasteiger partial charge in [0.1, 0.15) is 0 Å². The number of alkyl halides is 2. The van der Waals surface area contributed by atoms with Gasteiger partial charge in [0.05, 0.1) is 6.54 Å². The van der Waals surface area contributed by atoms with E-state index in [1.54, 1.807) is 0 Å². The lowest BCUT2D eigenvalue weighted by molar-refractivity contribution is -0.126. The van der Waals surface area contributed by atoms with Gasteiger partial charge in [0.15, 0.2) is 0 Å². The maximum atomic E-state index is 11.8. The van der Waals surface area contributed by atoms with Crippen LogP contribution in [0.2, 0.25) is 0 Å². The molecule has 0 heterocycles. The molecule has 0 spiro atoms. The van der Waals surface area contributed by atoms with Gasteiger partial charge in [-0.2, -0.15) is 0 Å². The number of rotatable bonds is 4. The molecular formula is C9H16F2N2O. The minimum atomic E-state index is -2.48. The van der Waals surface area contributed by atoms with Crippen LogP contribution in [0.15, 0.2) is 0 Å². The normalized spacial score (nSPS) is 26.9. The van der Waals surface area contributed by atoms with E-state index < -0.39 is 13.0 Å². The molecule has 1 fully saturated rings. The van der Waals surface area contributed by atoms with Gasteiger partial charge < -0.3 is 11.1 Å². The summed E-state index contributed by atoms with van der Waals surface area (Å²) in [5.74, 6) is -0.246. The van der Waals surface area contributed by atoms with E-state index in [0.717, 1.165) is 19.3 Å². The molecule has 0 aromatic carbocycles. The van der Waals surface area contributed by atoms with Gasteiger partial charge in [0.2, 0.25) is 5.91 Å². The average Bonchev–Trinajstić information content (AvgIpc) is 2.61.